The molecule has 1 saturated carbocycles. The summed E-state index contributed by atoms with van der Waals surface area (Å²) in [5.41, 5.74) is 2.79. The molecule has 1 amide bonds. The number of Topliss-reactive ketones (excluding diaryl/α,β-unsaturated/α-hetero) is 1. The number of ketones is 1. The van der Waals surface area contributed by atoms with Crippen molar-refractivity contribution in [1.29, 1.82) is 0 Å². The van der Waals surface area contributed by atoms with Gasteiger partial charge < -0.3 is 14.6 Å². The molecule has 3 aromatic carbocycles. The number of carbonyl (C=O) groups is 2. The van der Waals surface area contributed by atoms with E-state index in [1.807, 2.05) is 41.1 Å². The van der Waals surface area contributed by atoms with Crippen LogP contribution in [-0.2, 0) is 28.6 Å². The van der Waals surface area contributed by atoms with Gasteiger partial charge in [-0.25, -0.2) is 13.4 Å². The number of fused-ring (bicyclic) bond motifs is 1. The first-order valence-corrected chi connectivity index (χ1v) is 16.5. The van der Waals surface area contributed by atoms with E-state index in [9.17, 15) is 18.0 Å². The number of ether oxygens (including phenoxy) is 1. The summed E-state index contributed by atoms with van der Waals surface area (Å²) in [6, 6.07) is 19.6. The van der Waals surface area contributed by atoms with Crippen LogP contribution in [0.1, 0.15) is 82.0 Å². The van der Waals surface area contributed by atoms with Crippen LogP contribution in [0.5, 0.6) is 5.75 Å². The van der Waals surface area contributed by atoms with Crippen molar-refractivity contribution in [1.82, 2.24) is 14.9 Å². The average molecular weight is 598 g/mol. The smallest absolute Gasteiger partial charge is 0.252 e. The highest BCUT2D eigenvalue weighted by atomic mass is 32.2. The summed E-state index contributed by atoms with van der Waals surface area (Å²) in [6.45, 7) is 0.455. The maximum atomic E-state index is 14.2. The zero-order valence-corrected chi connectivity index (χ0v) is 24.8. The van der Waals surface area contributed by atoms with Crippen molar-refractivity contribution in [3.8, 4) is 5.75 Å². The van der Waals surface area contributed by atoms with E-state index in [0.717, 1.165) is 31.2 Å². The van der Waals surface area contributed by atoms with Gasteiger partial charge in [0.15, 0.2) is 15.6 Å². The van der Waals surface area contributed by atoms with Gasteiger partial charge in [0.1, 0.15) is 11.9 Å². The molecule has 2 aliphatic carbocycles. The first kappa shape index (κ1) is 28.9. The van der Waals surface area contributed by atoms with Crippen LogP contribution in [0.15, 0.2) is 90.3 Å². The van der Waals surface area contributed by atoms with Crippen molar-refractivity contribution in [2.75, 3.05) is 0 Å². The molecule has 9 heteroatoms. The molecule has 0 aliphatic heterocycles. The summed E-state index contributed by atoms with van der Waals surface area (Å²) in [4.78, 5) is 30.3. The Bertz CT molecular complexity index is 1710. The third-order valence-electron chi connectivity index (χ3n) is 8.39. The number of amides is 1. The molecule has 222 valence electrons. The SMILES string of the molecule is O=C(NC1CCCC1)c1ccccc1S(=O)(=O)Cc1c(O[C@H](Cn2ccnc2)c2ccccc2)ccc2c1CCCC2=O. The van der Waals surface area contributed by atoms with E-state index in [1.54, 1.807) is 42.9 Å². The fourth-order valence-electron chi connectivity index (χ4n) is 6.19. The number of sulfone groups is 1. The molecule has 4 aromatic rings. The lowest BCUT2D eigenvalue weighted by Crippen LogP contribution is -2.33. The van der Waals surface area contributed by atoms with E-state index in [4.69, 9.17) is 4.74 Å². The molecule has 0 spiro atoms. The number of hydrogen-bond acceptors (Lipinski definition) is 6. The number of aromatic nitrogens is 2. The standard InChI is InChI=1S/C34H35N3O5S/c38-30-15-8-14-26-27(30)17-18-31(42-32(21-37-20-19-35-23-37)24-9-2-1-3-10-24)29(26)22-43(40,41)33-16-7-6-13-28(33)34(39)36-25-11-4-5-12-25/h1-3,6-7,9-10,13,16-20,23,25,32H,4-5,8,11-12,14-15,21-22H2,(H,36,39)/t32-/m1/s1. The number of carbonyl (C=O) groups excluding carboxylic acids is 2. The molecule has 2 aliphatic rings. The second-order valence-corrected chi connectivity index (χ2v) is 13.3. The van der Waals surface area contributed by atoms with Crippen molar-refractivity contribution in [2.24, 2.45) is 0 Å². The molecule has 43 heavy (non-hydrogen) atoms. The van der Waals surface area contributed by atoms with Gasteiger partial charge in [-0.1, -0.05) is 55.3 Å². The highest BCUT2D eigenvalue weighted by molar-refractivity contribution is 7.90. The molecule has 0 bridgehead atoms. The fourth-order valence-corrected chi connectivity index (χ4v) is 7.83. The molecule has 0 unspecified atom stereocenters. The molecule has 1 aromatic heterocycles. The largest absolute Gasteiger partial charge is 0.484 e. The minimum Gasteiger partial charge on any atom is -0.484 e. The Morgan fingerprint density at radius 3 is 2.51 bits per heavy atom. The van der Waals surface area contributed by atoms with Crippen molar-refractivity contribution in [3.05, 3.63) is 113 Å². The van der Waals surface area contributed by atoms with Gasteiger partial charge in [0, 0.05) is 36.0 Å². The van der Waals surface area contributed by atoms with Gasteiger partial charge in [-0.15, -0.1) is 0 Å². The number of rotatable bonds is 10. The van der Waals surface area contributed by atoms with E-state index >= 15 is 0 Å². The van der Waals surface area contributed by atoms with Crippen LogP contribution in [0.2, 0.25) is 0 Å². The molecule has 1 N–H and O–H groups in total. The van der Waals surface area contributed by atoms with Crippen molar-refractivity contribution < 1.29 is 22.7 Å². The van der Waals surface area contributed by atoms with Gasteiger partial charge in [-0.05, 0) is 61.1 Å². The minimum absolute atomic E-state index is 0.000754. The van der Waals surface area contributed by atoms with Crippen LogP contribution in [0.4, 0.5) is 0 Å². The first-order chi connectivity index (χ1) is 20.9. The first-order valence-electron chi connectivity index (χ1n) is 14.9. The van der Waals surface area contributed by atoms with Crippen molar-refractivity contribution in [2.45, 2.75) is 74.3 Å². The van der Waals surface area contributed by atoms with E-state index in [-0.39, 0.29) is 33.9 Å². The Kier molecular flexibility index (Phi) is 8.42. The second kappa shape index (κ2) is 12.6. The third-order valence-corrected chi connectivity index (χ3v) is 10.1. The molecule has 1 atom stereocenters. The lowest BCUT2D eigenvalue weighted by Gasteiger charge is -2.26. The number of nitrogens with zero attached hydrogens (tertiary/aromatic N) is 2. The second-order valence-electron chi connectivity index (χ2n) is 11.3. The normalized spacial score (nSPS) is 16.0. The monoisotopic (exact) mass is 597 g/mol. The van der Waals surface area contributed by atoms with Crippen LogP contribution in [0.25, 0.3) is 0 Å². The van der Waals surface area contributed by atoms with Gasteiger partial charge in [0.25, 0.3) is 5.91 Å². The third kappa shape index (κ3) is 6.41. The highest BCUT2D eigenvalue weighted by Crippen LogP contribution is 2.37. The zero-order valence-electron chi connectivity index (χ0n) is 23.9. The number of imidazole rings is 1. The lowest BCUT2D eigenvalue weighted by molar-refractivity contribution is 0.0933. The summed E-state index contributed by atoms with van der Waals surface area (Å²) in [5.74, 6) is -0.351. The van der Waals surface area contributed by atoms with Crippen molar-refractivity contribution in [3.63, 3.8) is 0 Å². The van der Waals surface area contributed by atoms with Gasteiger partial charge in [-0.2, -0.15) is 0 Å². The Balaban J connectivity index is 1.38. The quantitative estimate of drug-likeness (QED) is 0.245. The lowest BCUT2D eigenvalue weighted by atomic mass is 9.87. The van der Waals surface area contributed by atoms with Gasteiger partial charge >= 0.3 is 0 Å². The predicted octanol–water partition coefficient (Wildman–Crippen LogP) is 5.87. The molecule has 6 rings (SSSR count). The Labute approximate surface area is 252 Å². The maximum Gasteiger partial charge on any atom is 0.252 e. The Hall–Kier alpha value is -4.24. The minimum atomic E-state index is -4.01. The van der Waals surface area contributed by atoms with Crippen LogP contribution in [-0.4, -0.2) is 35.7 Å². The summed E-state index contributed by atoms with van der Waals surface area (Å²) in [7, 11) is -4.01. The van der Waals surface area contributed by atoms with Crippen molar-refractivity contribution >= 4 is 21.5 Å². The fraction of sp³-hybridized carbons (Fsp3) is 0.324. The van der Waals surface area contributed by atoms with Gasteiger partial charge in [0.05, 0.1) is 29.1 Å². The van der Waals surface area contributed by atoms with E-state index in [2.05, 4.69) is 10.3 Å². The van der Waals surface area contributed by atoms with Crippen LogP contribution in [0.3, 0.4) is 0 Å². The van der Waals surface area contributed by atoms with E-state index in [1.165, 1.54) is 6.07 Å². The Morgan fingerprint density at radius 2 is 1.74 bits per heavy atom. The number of benzene rings is 3. The topological polar surface area (TPSA) is 107 Å². The summed E-state index contributed by atoms with van der Waals surface area (Å²) in [6.07, 6.45) is 10.4. The average Bonchev–Trinajstić information content (AvgIpc) is 3.73. The molecular formula is C34H35N3O5S. The summed E-state index contributed by atoms with van der Waals surface area (Å²) in [5, 5.41) is 3.02. The van der Waals surface area contributed by atoms with Crippen LogP contribution < -0.4 is 10.1 Å². The molecule has 0 saturated heterocycles. The molecule has 1 fully saturated rings. The van der Waals surface area contributed by atoms with Gasteiger partial charge in [0.2, 0.25) is 0 Å². The van der Waals surface area contributed by atoms with Crippen LogP contribution in [0, 0.1) is 0 Å². The Morgan fingerprint density at radius 1 is 0.977 bits per heavy atom. The van der Waals surface area contributed by atoms with E-state index in [0.29, 0.717) is 48.2 Å². The maximum absolute atomic E-state index is 14.2. The number of nitrogens with one attached hydrogen (secondary N) is 1. The molecule has 8 nitrogen and oxygen atoms in total. The zero-order chi connectivity index (χ0) is 29.8. The summed E-state index contributed by atoms with van der Waals surface area (Å²) >= 11 is 0. The van der Waals surface area contributed by atoms with Gasteiger partial charge in [-0.3, -0.25) is 9.59 Å². The van der Waals surface area contributed by atoms with E-state index < -0.39 is 15.9 Å². The molecular weight excluding hydrogens is 562 g/mol. The number of hydrogen-bond donors (Lipinski definition) is 1. The summed E-state index contributed by atoms with van der Waals surface area (Å²) < 4.78 is 36.9. The predicted molar refractivity (Wildman–Crippen MR) is 163 cm³/mol. The van der Waals surface area contributed by atoms with Crippen LogP contribution >= 0.6 is 0 Å². The highest BCUT2D eigenvalue weighted by Gasteiger charge is 2.30. The molecule has 1 heterocycles. The molecule has 0 radical (unpaired) electrons.